The van der Waals surface area contributed by atoms with Gasteiger partial charge in [0.1, 0.15) is 11.6 Å². The minimum Gasteiger partial charge on any atom is -0.425 e. The van der Waals surface area contributed by atoms with Crippen LogP contribution in [0.25, 0.3) is 5.57 Å². The Bertz CT molecular complexity index is 566. The van der Waals surface area contributed by atoms with Gasteiger partial charge in [-0.25, -0.2) is 8.96 Å². The lowest BCUT2D eigenvalue weighted by Gasteiger charge is -2.29. The Morgan fingerprint density at radius 2 is 2.00 bits per heavy atom. The summed E-state index contributed by atoms with van der Waals surface area (Å²) in [4.78, 5) is 0. The van der Waals surface area contributed by atoms with Gasteiger partial charge in [0.25, 0.3) is 0 Å². The summed E-state index contributed by atoms with van der Waals surface area (Å²) in [5, 5.41) is 0.463. The molecular formula is C14H18FO3P. The molecule has 1 aliphatic rings. The molecule has 0 fully saturated rings. The Hall–Kier alpha value is -1.12. The molecule has 0 radical (unpaired) electrons. The fourth-order valence-electron chi connectivity index (χ4n) is 2.32. The van der Waals surface area contributed by atoms with E-state index in [1.54, 1.807) is 6.92 Å². The van der Waals surface area contributed by atoms with Gasteiger partial charge in [0.15, 0.2) is 0 Å². The first-order valence-electron chi connectivity index (χ1n) is 6.52. The van der Waals surface area contributed by atoms with Gasteiger partial charge in [-0.3, -0.25) is 4.52 Å². The molecule has 0 spiro atoms. The van der Waals surface area contributed by atoms with E-state index in [9.17, 15) is 8.96 Å². The predicted octanol–water partition coefficient (Wildman–Crippen LogP) is 4.24. The summed E-state index contributed by atoms with van der Waals surface area (Å²) in [6.07, 6.45) is 1.31. The van der Waals surface area contributed by atoms with Gasteiger partial charge in [-0.15, -0.1) is 0 Å². The highest BCUT2D eigenvalue weighted by Gasteiger charge is 2.37. The molecule has 104 valence electrons. The molecule has 1 aromatic rings. The average molecular weight is 284 g/mol. The highest BCUT2D eigenvalue weighted by Crippen LogP contribution is 2.55. The fourth-order valence-corrected chi connectivity index (χ4v) is 4.23. The van der Waals surface area contributed by atoms with E-state index < -0.39 is 7.60 Å². The minimum atomic E-state index is -3.37. The van der Waals surface area contributed by atoms with Gasteiger partial charge in [0, 0.05) is 12.0 Å². The molecule has 0 aliphatic carbocycles. The van der Waals surface area contributed by atoms with Crippen LogP contribution in [-0.4, -0.2) is 6.61 Å². The number of fused-ring (bicyclic) bond motifs is 1. The first-order valence-corrected chi connectivity index (χ1v) is 8.06. The molecule has 1 aromatic carbocycles. The van der Waals surface area contributed by atoms with E-state index >= 15 is 0 Å². The molecule has 3 nitrogen and oxygen atoms in total. The van der Waals surface area contributed by atoms with Crippen molar-refractivity contribution in [2.24, 2.45) is 0 Å². The minimum absolute atomic E-state index is 0.284. The van der Waals surface area contributed by atoms with Crippen LogP contribution in [0.3, 0.4) is 0 Å². The second kappa shape index (κ2) is 5.48. The van der Waals surface area contributed by atoms with Gasteiger partial charge in [-0.2, -0.15) is 0 Å². The van der Waals surface area contributed by atoms with Crippen molar-refractivity contribution in [3.05, 3.63) is 35.3 Å². The number of benzene rings is 1. The van der Waals surface area contributed by atoms with Gasteiger partial charge in [-0.05, 0) is 37.1 Å². The molecule has 0 saturated carbocycles. The Labute approximate surface area is 113 Å². The lowest BCUT2D eigenvalue weighted by atomic mass is 10.0. The molecule has 0 saturated heterocycles. The van der Waals surface area contributed by atoms with Crippen LogP contribution in [0.5, 0.6) is 0 Å². The molecule has 0 amide bonds. The largest absolute Gasteiger partial charge is 0.425 e. The third kappa shape index (κ3) is 2.47. The fraction of sp³-hybridized carbons (Fsp3) is 0.429. The average Bonchev–Trinajstić information content (AvgIpc) is 2.38. The maximum Gasteiger partial charge on any atom is 0.411 e. The summed E-state index contributed by atoms with van der Waals surface area (Å²) in [5.41, 5.74) is 1.56. The second-order valence-corrected chi connectivity index (χ2v) is 6.19. The predicted molar refractivity (Wildman–Crippen MR) is 73.9 cm³/mol. The molecule has 5 heteroatoms. The van der Waals surface area contributed by atoms with E-state index in [0.29, 0.717) is 29.5 Å². The van der Waals surface area contributed by atoms with Gasteiger partial charge in [0.05, 0.1) is 11.9 Å². The van der Waals surface area contributed by atoms with Crippen molar-refractivity contribution in [1.82, 2.24) is 0 Å². The van der Waals surface area contributed by atoms with Gasteiger partial charge in [0.2, 0.25) is 0 Å². The van der Waals surface area contributed by atoms with Crippen molar-refractivity contribution in [1.29, 1.82) is 0 Å². The molecule has 2 rings (SSSR count). The monoisotopic (exact) mass is 284 g/mol. The van der Waals surface area contributed by atoms with Gasteiger partial charge in [-0.1, -0.05) is 13.8 Å². The Kier molecular flexibility index (Phi) is 4.12. The van der Waals surface area contributed by atoms with Crippen LogP contribution in [0.2, 0.25) is 0 Å². The zero-order valence-corrected chi connectivity index (χ0v) is 12.3. The molecule has 1 atom stereocenters. The van der Waals surface area contributed by atoms with Crippen molar-refractivity contribution in [2.45, 2.75) is 33.6 Å². The quantitative estimate of drug-likeness (QED) is 0.776. The normalized spacial score (nSPS) is 22.1. The first kappa shape index (κ1) is 14.3. The summed E-state index contributed by atoms with van der Waals surface area (Å²) in [6.45, 7) is 5.94. The second-order valence-electron chi connectivity index (χ2n) is 4.28. The summed E-state index contributed by atoms with van der Waals surface area (Å²) < 4.78 is 37.2. The number of allylic oxidation sites excluding steroid dienone is 2. The van der Waals surface area contributed by atoms with Crippen LogP contribution in [0, 0.1) is 5.82 Å². The highest BCUT2D eigenvalue weighted by molar-refractivity contribution is 7.62. The van der Waals surface area contributed by atoms with Crippen LogP contribution in [0.15, 0.2) is 24.0 Å². The van der Waals surface area contributed by atoms with E-state index in [1.165, 1.54) is 18.2 Å². The molecule has 1 aliphatic heterocycles. The highest BCUT2D eigenvalue weighted by atomic mass is 31.2. The first-order chi connectivity index (χ1) is 9.05. The molecular weight excluding hydrogens is 266 g/mol. The molecule has 0 aromatic heterocycles. The Morgan fingerprint density at radius 3 is 2.58 bits per heavy atom. The number of rotatable bonds is 4. The Balaban J connectivity index is 2.67. The van der Waals surface area contributed by atoms with Crippen molar-refractivity contribution in [2.75, 3.05) is 6.61 Å². The van der Waals surface area contributed by atoms with Crippen LogP contribution >= 0.6 is 7.60 Å². The zero-order valence-electron chi connectivity index (χ0n) is 11.4. The van der Waals surface area contributed by atoms with Crippen LogP contribution in [0.4, 0.5) is 4.39 Å². The van der Waals surface area contributed by atoms with Crippen molar-refractivity contribution in [3.8, 4) is 0 Å². The summed E-state index contributed by atoms with van der Waals surface area (Å²) in [6, 6.07) is 4.21. The molecule has 0 bridgehead atoms. The number of hydrogen-bond acceptors (Lipinski definition) is 3. The third-order valence-electron chi connectivity index (χ3n) is 3.12. The smallest absolute Gasteiger partial charge is 0.411 e. The summed E-state index contributed by atoms with van der Waals surface area (Å²) >= 11 is 0. The maximum absolute atomic E-state index is 13.5. The van der Waals surface area contributed by atoms with Crippen LogP contribution in [-0.2, 0) is 13.6 Å². The summed E-state index contributed by atoms with van der Waals surface area (Å²) in [5.74, 6) is 0.294. The topological polar surface area (TPSA) is 35.5 Å². The lowest BCUT2D eigenvalue weighted by molar-refractivity contribution is 0.255. The van der Waals surface area contributed by atoms with Crippen LogP contribution in [0.1, 0.15) is 39.2 Å². The molecule has 1 heterocycles. The van der Waals surface area contributed by atoms with E-state index in [-0.39, 0.29) is 12.4 Å². The standard InChI is InChI=1S/C14H18FO3P/c1-4-11-12-9-10(15)7-8-14(12)19(16,17-6-3)18-13(11)5-2/h7-9H,4-6H2,1-3H3. The van der Waals surface area contributed by atoms with E-state index in [1.807, 2.05) is 13.8 Å². The van der Waals surface area contributed by atoms with Crippen molar-refractivity contribution >= 4 is 18.5 Å². The molecule has 19 heavy (non-hydrogen) atoms. The van der Waals surface area contributed by atoms with Gasteiger partial charge < -0.3 is 4.52 Å². The SMILES string of the molecule is CCOP1(=O)OC(CC)=C(CC)c2cc(F)ccc21. The summed E-state index contributed by atoms with van der Waals surface area (Å²) in [7, 11) is -3.37. The van der Waals surface area contributed by atoms with Gasteiger partial charge >= 0.3 is 7.60 Å². The lowest BCUT2D eigenvalue weighted by Crippen LogP contribution is -2.20. The number of hydrogen-bond donors (Lipinski definition) is 0. The third-order valence-corrected chi connectivity index (χ3v) is 5.16. The Morgan fingerprint density at radius 1 is 1.26 bits per heavy atom. The van der Waals surface area contributed by atoms with E-state index in [4.69, 9.17) is 9.05 Å². The molecule has 1 unspecified atom stereocenters. The van der Waals surface area contributed by atoms with Crippen LogP contribution < -0.4 is 5.30 Å². The van der Waals surface area contributed by atoms with Crippen molar-refractivity contribution in [3.63, 3.8) is 0 Å². The van der Waals surface area contributed by atoms with E-state index in [2.05, 4.69) is 0 Å². The zero-order chi connectivity index (χ0) is 14.0. The molecule has 0 N–H and O–H groups in total. The van der Waals surface area contributed by atoms with E-state index in [0.717, 1.165) is 5.57 Å². The number of halogens is 1. The maximum atomic E-state index is 13.5. The van der Waals surface area contributed by atoms with Crippen molar-refractivity contribution < 1.29 is 18.0 Å².